The van der Waals surface area contributed by atoms with Crippen molar-refractivity contribution in [2.45, 2.75) is 13.0 Å². The van der Waals surface area contributed by atoms with Crippen LogP contribution in [0.3, 0.4) is 0 Å². The lowest BCUT2D eigenvalue weighted by Gasteiger charge is -2.14. The van der Waals surface area contributed by atoms with Gasteiger partial charge in [-0.2, -0.15) is 5.26 Å². The second-order valence-electron chi connectivity index (χ2n) is 2.50. The molecule has 0 aliphatic carbocycles. The number of nitrogens with one attached hydrogen (secondary N) is 1. The van der Waals surface area contributed by atoms with Gasteiger partial charge in [0.25, 0.3) is 0 Å². The summed E-state index contributed by atoms with van der Waals surface area (Å²) in [6.45, 7) is 9.67. The minimum absolute atomic E-state index is 0.00704. The van der Waals surface area contributed by atoms with Crippen molar-refractivity contribution in [2.75, 3.05) is 13.6 Å². The van der Waals surface area contributed by atoms with Crippen LogP contribution in [0, 0.1) is 11.3 Å². The fourth-order valence-electron chi connectivity index (χ4n) is 0.705. The number of hydrogen-bond acceptors (Lipinski definition) is 3. The minimum atomic E-state index is 0.00704. The van der Waals surface area contributed by atoms with Crippen LogP contribution >= 0.6 is 0 Å². The molecule has 3 heteroatoms. The van der Waals surface area contributed by atoms with Gasteiger partial charge in [0, 0.05) is 6.54 Å². The van der Waals surface area contributed by atoms with Gasteiger partial charge in [-0.25, -0.2) is 0 Å². The topological polar surface area (TPSA) is 45.0 Å². The van der Waals surface area contributed by atoms with E-state index in [1.54, 1.807) is 0 Å². The van der Waals surface area contributed by atoms with Gasteiger partial charge in [-0.3, -0.25) is 0 Å². The predicted molar refractivity (Wildman–Crippen MR) is 48.4 cm³/mol. The molecular formula is C9H14N2O. The van der Waals surface area contributed by atoms with E-state index in [1.165, 1.54) is 0 Å². The Labute approximate surface area is 73.3 Å². The van der Waals surface area contributed by atoms with E-state index < -0.39 is 0 Å². The number of allylic oxidation sites excluding steroid dienone is 1. The van der Waals surface area contributed by atoms with E-state index in [4.69, 9.17) is 10.00 Å². The Balaban J connectivity index is 3.86. The Kier molecular flexibility index (Phi) is 4.82. The minimum Gasteiger partial charge on any atom is -0.489 e. The maximum Gasteiger partial charge on any atom is 0.129 e. The van der Waals surface area contributed by atoms with E-state index in [2.05, 4.69) is 18.5 Å². The molecule has 0 aromatic carbocycles. The zero-order valence-corrected chi connectivity index (χ0v) is 7.55. The molecule has 1 unspecified atom stereocenters. The van der Waals surface area contributed by atoms with Crippen molar-refractivity contribution in [3.63, 3.8) is 0 Å². The smallest absolute Gasteiger partial charge is 0.129 e. The van der Waals surface area contributed by atoms with Crippen molar-refractivity contribution >= 4 is 0 Å². The highest BCUT2D eigenvalue weighted by atomic mass is 16.5. The maximum atomic E-state index is 8.44. The van der Waals surface area contributed by atoms with Crippen LogP contribution in [0.5, 0.6) is 0 Å². The largest absolute Gasteiger partial charge is 0.489 e. The first kappa shape index (κ1) is 10.7. The Morgan fingerprint density at radius 2 is 2.25 bits per heavy atom. The van der Waals surface area contributed by atoms with Crippen LogP contribution in [0.2, 0.25) is 0 Å². The highest BCUT2D eigenvalue weighted by molar-refractivity contribution is 5.33. The Morgan fingerprint density at radius 1 is 1.67 bits per heavy atom. The van der Waals surface area contributed by atoms with Crippen LogP contribution < -0.4 is 5.32 Å². The molecule has 0 bridgehead atoms. The van der Waals surface area contributed by atoms with Gasteiger partial charge in [0.15, 0.2) is 0 Å². The second-order valence-corrected chi connectivity index (χ2v) is 2.50. The number of hydrogen-bond donors (Lipinski definition) is 1. The summed E-state index contributed by atoms with van der Waals surface area (Å²) < 4.78 is 5.26. The van der Waals surface area contributed by atoms with E-state index in [9.17, 15) is 0 Å². The molecule has 0 fully saturated rings. The van der Waals surface area contributed by atoms with Gasteiger partial charge in [0.2, 0.25) is 0 Å². The van der Waals surface area contributed by atoms with Gasteiger partial charge in [-0.1, -0.05) is 13.2 Å². The third kappa shape index (κ3) is 3.79. The van der Waals surface area contributed by atoms with E-state index in [0.29, 0.717) is 5.76 Å². The second kappa shape index (κ2) is 5.39. The van der Waals surface area contributed by atoms with Crippen molar-refractivity contribution in [2.24, 2.45) is 0 Å². The molecule has 1 atom stereocenters. The van der Waals surface area contributed by atoms with Gasteiger partial charge < -0.3 is 10.1 Å². The summed E-state index contributed by atoms with van der Waals surface area (Å²) in [5.41, 5.74) is 0.276. The quantitative estimate of drug-likeness (QED) is 0.379. The van der Waals surface area contributed by atoms with Crippen molar-refractivity contribution in [1.82, 2.24) is 5.32 Å². The lowest BCUT2D eigenvalue weighted by molar-refractivity contribution is 0.141. The molecule has 0 rings (SSSR count). The van der Waals surface area contributed by atoms with Gasteiger partial charge in [-0.05, 0) is 14.0 Å². The molecule has 0 saturated heterocycles. The summed E-state index contributed by atoms with van der Waals surface area (Å²) >= 11 is 0. The Bertz CT molecular complexity index is 215. The molecule has 0 saturated carbocycles. The van der Waals surface area contributed by atoms with E-state index in [-0.39, 0.29) is 11.7 Å². The average Bonchev–Trinajstić information content (AvgIpc) is 2.03. The molecule has 1 N–H and O–H groups in total. The molecule has 0 aromatic rings. The van der Waals surface area contributed by atoms with Crippen LogP contribution in [0.4, 0.5) is 0 Å². The van der Waals surface area contributed by atoms with E-state index in [0.717, 1.165) is 6.54 Å². The lowest BCUT2D eigenvalue weighted by atomic mass is 10.3. The summed E-state index contributed by atoms with van der Waals surface area (Å²) in [4.78, 5) is 0. The first-order chi connectivity index (χ1) is 5.61. The van der Waals surface area contributed by atoms with Crippen molar-refractivity contribution in [3.8, 4) is 6.07 Å². The summed E-state index contributed by atoms with van der Waals surface area (Å²) in [5.74, 6) is 0.347. The number of likely N-dealkylation sites (N-methyl/N-ethyl adjacent to an activating group) is 1. The molecule has 0 amide bonds. The van der Waals surface area contributed by atoms with E-state index in [1.807, 2.05) is 20.0 Å². The van der Waals surface area contributed by atoms with Crippen LogP contribution in [-0.4, -0.2) is 19.7 Å². The third-order valence-corrected chi connectivity index (χ3v) is 1.31. The Hall–Kier alpha value is -1.27. The normalized spacial score (nSPS) is 11.4. The zero-order chi connectivity index (χ0) is 9.56. The number of nitriles is 1. The van der Waals surface area contributed by atoms with Crippen molar-refractivity contribution < 1.29 is 4.74 Å². The molecule has 3 nitrogen and oxygen atoms in total. The van der Waals surface area contributed by atoms with Crippen molar-refractivity contribution in [3.05, 3.63) is 24.5 Å². The molecule has 0 aliphatic heterocycles. The lowest BCUT2D eigenvalue weighted by Crippen LogP contribution is -2.23. The fourth-order valence-corrected chi connectivity index (χ4v) is 0.705. The van der Waals surface area contributed by atoms with E-state index >= 15 is 0 Å². The third-order valence-electron chi connectivity index (χ3n) is 1.31. The van der Waals surface area contributed by atoms with Gasteiger partial charge >= 0.3 is 0 Å². The zero-order valence-electron chi connectivity index (χ0n) is 7.55. The van der Waals surface area contributed by atoms with Crippen molar-refractivity contribution in [1.29, 1.82) is 5.26 Å². The van der Waals surface area contributed by atoms with Crippen LogP contribution in [0.15, 0.2) is 24.5 Å². The average molecular weight is 166 g/mol. The molecule has 0 radical (unpaired) electrons. The maximum absolute atomic E-state index is 8.44. The number of rotatable bonds is 5. The summed E-state index contributed by atoms with van der Waals surface area (Å²) in [6.07, 6.45) is 0.00704. The molecule has 0 aliphatic rings. The molecular weight excluding hydrogens is 152 g/mol. The highest BCUT2D eigenvalue weighted by Gasteiger charge is 2.05. The first-order valence-electron chi connectivity index (χ1n) is 3.71. The summed E-state index contributed by atoms with van der Waals surface area (Å²) in [6, 6.07) is 1.87. The highest BCUT2D eigenvalue weighted by Crippen LogP contribution is 2.07. The summed E-state index contributed by atoms with van der Waals surface area (Å²) in [7, 11) is 1.84. The molecule has 0 aromatic heterocycles. The van der Waals surface area contributed by atoms with Gasteiger partial charge in [0.05, 0.1) is 5.57 Å². The number of ether oxygens (including phenoxy) is 1. The SMILES string of the molecule is C=C(C#N)C(=C)OC(C)CNC. The number of nitrogens with zero attached hydrogens (tertiary/aromatic N) is 1. The molecule has 0 heterocycles. The molecule has 0 spiro atoms. The van der Waals surface area contributed by atoms with Crippen LogP contribution in [0.25, 0.3) is 0 Å². The first-order valence-corrected chi connectivity index (χ1v) is 3.71. The van der Waals surface area contributed by atoms with Gasteiger partial charge in [-0.15, -0.1) is 0 Å². The predicted octanol–water partition coefficient (Wildman–Crippen LogP) is 1.20. The fraction of sp³-hybridized carbons (Fsp3) is 0.444. The monoisotopic (exact) mass is 166 g/mol. The van der Waals surface area contributed by atoms with Gasteiger partial charge in [0.1, 0.15) is 17.9 Å². The Morgan fingerprint density at radius 3 is 2.67 bits per heavy atom. The summed E-state index contributed by atoms with van der Waals surface area (Å²) in [5, 5.41) is 11.4. The molecule has 12 heavy (non-hydrogen) atoms. The molecule has 66 valence electrons. The standard InChI is InChI=1S/C9H14N2O/c1-7(5-10)9(3)12-8(2)6-11-4/h8,11H,1,3,6H2,2,4H3. The van der Waals surface area contributed by atoms with Crippen LogP contribution in [0.1, 0.15) is 6.92 Å². The van der Waals surface area contributed by atoms with Crippen LogP contribution in [-0.2, 0) is 4.74 Å².